The van der Waals surface area contributed by atoms with Crippen molar-refractivity contribution in [3.63, 3.8) is 0 Å². The minimum atomic E-state index is -1.06. The molecule has 0 amide bonds. The average molecular weight is 276 g/mol. The van der Waals surface area contributed by atoms with Gasteiger partial charge < -0.3 is 4.84 Å². The molecule has 0 N–H and O–H groups in total. The first kappa shape index (κ1) is 13.8. The zero-order chi connectivity index (χ0) is 14.5. The molecule has 0 fully saturated rings. The topological polar surface area (TPSA) is 51.5 Å². The Morgan fingerprint density at radius 1 is 1.20 bits per heavy atom. The van der Waals surface area contributed by atoms with Gasteiger partial charge in [0.25, 0.3) is 0 Å². The summed E-state index contributed by atoms with van der Waals surface area (Å²) in [6.07, 6.45) is 3.12. The Hall–Kier alpha value is -2.63. The molecule has 0 saturated heterocycles. The number of halogens is 2. The highest BCUT2D eigenvalue weighted by molar-refractivity contribution is 5.99. The molecule has 1 heterocycles. The highest BCUT2D eigenvalue weighted by Crippen LogP contribution is 2.11. The Labute approximate surface area is 113 Å². The number of rotatable bonds is 3. The predicted octanol–water partition coefficient (Wildman–Crippen LogP) is 2.94. The highest BCUT2D eigenvalue weighted by Gasteiger charge is 2.14. The van der Waals surface area contributed by atoms with E-state index < -0.39 is 23.2 Å². The van der Waals surface area contributed by atoms with Crippen molar-refractivity contribution in [2.24, 2.45) is 5.16 Å². The molecule has 0 aliphatic heterocycles. The molecule has 0 atom stereocenters. The highest BCUT2D eigenvalue weighted by atomic mass is 19.1. The minimum absolute atomic E-state index is 0.414. The van der Waals surface area contributed by atoms with Crippen LogP contribution in [0.3, 0.4) is 0 Å². The normalized spacial score (nSPS) is 11.2. The van der Waals surface area contributed by atoms with Crippen molar-refractivity contribution in [1.29, 1.82) is 0 Å². The van der Waals surface area contributed by atoms with Crippen LogP contribution in [0.5, 0.6) is 0 Å². The second kappa shape index (κ2) is 6.01. The molecule has 0 unspecified atom stereocenters. The summed E-state index contributed by atoms with van der Waals surface area (Å²) in [7, 11) is 0. The Morgan fingerprint density at radius 3 is 2.60 bits per heavy atom. The van der Waals surface area contributed by atoms with E-state index in [2.05, 4.69) is 15.0 Å². The number of carbonyl (C=O) groups excluding carboxylic acids is 1. The van der Waals surface area contributed by atoms with Gasteiger partial charge in [-0.3, -0.25) is 4.98 Å². The van der Waals surface area contributed by atoms with Crippen LogP contribution >= 0.6 is 0 Å². The van der Waals surface area contributed by atoms with Crippen LogP contribution in [0.2, 0.25) is 0 Å². The molecular weight excluding hydrogens is 266 g/mol. The van der Waals surface area contributed by atoms with Gasteiger partial charge in [0, 0.05) is 18.0 Å². The Kier molecular flexibility index (Phi) is 4.14. The monoisotopic (exact) mass is 276 g/mol. The van der Waals surface area contributed by atoms with Crippen molar-refractivity contribution in [1.82, 2.24) is 4.98 Å². The Balaban J connectivity index is 2.14. The molecule has 0 spiro atoms. The summed E-state index contributed by atoms with van der Waals surface area (Å²) in [4.78, 5) is 20.0. The standard InChI is InChI=1S/C14H10F2N2O2/c1-9(10-4-6-17-7-5-10)18-20-14(19)12-8-11(15)2-3-13(12)16/h2-8H,1H3. The van der Waals surface area contributed by atoms with E-state index in [0.717, 1.165) is 18.2 Å². The first-order valence-electron chi connectivity index (χ1n) is 5.69. The van der Waals surface area contributed by atoms with Crippen molar-refractivity contribution in [2.45, 2.75) is 6.92 Å². The number of carbonyl (C=O) groups is 1. The fourth-order valence-corrected chi connectivity index (χ4v) is 1.46. The number of nitrogens with zero attached hydrogens (tertiary/aromatic N) is 2. The van der Waals surface area contributed by atoms with Crippen LogP contribution in [-0.2, 0) is 4.84 Å². The lowest BCUT2D eigenvalue weighted by Gasteiger charge is -2.02. The first-order chi connectivity index (χ1) is 9.58. The predicted molar refractivity (Wildman–Crippen MR) is 68.2 cm³/mol. The molecule has 1 aromatic carbocycles. The molecule has 6 heteroatoms. The molecule has 2 rings (SSSR count). The average Bonchev–Trinajstić information content (AvgIpc) is 2.47. The molecule has 0 aliphatic carbocycles. The molecule has 1 aromatic heterocycles. The lowest BCUT2D eigenvalue weighted by Crippen LogP contribution is -2.06. The second-order valence-electron chi connectivity index (χ2n) is 3.92. The summed E-state index contributed by atoms with van der Waals surface area (Å²) in [5.74, 6) is -2.66. The fourth-order valence-electron chi connectivity index (χ4n) is 1.46. The van der Waals surface area contributed by atoms with Crippen LogP contribution in [-0.4, -0.2) is 16.7 Å². The zero-order valence-electron chi connectivity index (χ0n) is 10.5. The lowest BCUT2D eigenvalue weighted by molar-refractivity contribution is 0.0510. The molecule has 102 valence electrons. The number of benzene rings is 1. The summed E-state index contributed by atoms with van der Waals surface area (Å²) in [5, 5.41) is 3.59. The maximum absolute atomic E-state index is 13.3. The summed E-state index contributed by atoms with van der Waals surface area (Å²) < 4.78 is 26.3. The van der Waals surface area contributed by atoms with Gasteiger partial charge in [0.1, 0.15) is 17.2 Å². The first-order valence-corrected chi connectivity index (χ1v) is 5.69. The van der Waals surface area contributed by atoms with E-state index in [1.54, 1.807) is 31.5 Å². The summed E-state index contributed by atoms with van der Waals surface area (Å²) in [5.41, 5.74) is 0.612. The van der Waals surface area contributed by atoms with E-state index in [1.165, 1.54) is 0 Å². The van der Waals surface area contributed by atoms with Crippen molar-refractivity contribution in [2.75, 3.05) is 0 Å². The Morgan fingerprint density at radius 2 is 1.90 bits per heavy atom. The van der Waals surface area contributed by atoms with E-state index in [0.29, 0.717) is 11.3 Å². The van der Waals surface area contributed by atoms with Crippen LogP contribution in [0.15, 0.2) is 47.9 Å². The quantitative estimate of drug-likeness (QED) is 0.492. The number of aromatic nitrogens is 1. The van der Waals surface area contributed by atoms with Gasteiger partial charge in [0.2, 0.25) is 0 Å². The third-order valence-corrected chi connectivity index (χ3v) is 2.51. The van der Waals surface area contributed by atoms with Gasteiger partial charge in [-0.15, -0.1) is 0 Å². The summed E-state index contributed by atoms with van der Waals surface area (Å²) in [6.45, 7) is 1.62. The van der Waals surface area contributed by atoms with Crippen molar-refractivity contribution in [3.05, 3.63) is 65.5 Å². The van der Waals surface area contributed by atoms with Gasteiger partial charge in [-0.2, -0.15) is 0 Å². The van der Waals surface area contributed by atoms with E-state index >= 15 is 0 Å². The van der Waals surface area contributed by atoms with Crippen LogP contribution in [0.1, 0.15) is 22.8 Å². The molecule has 0 bridgehead atoms. The van der Waals surface area contributed by atoms with Crippen molar-refractivity contribution < 1.29 is 18.4 Å². The van der Waals surface area contributed by atoms with Crippen LogP contribution < -0.4 is 0 Å². The van der Waals surface area contributed by atoms with Crippen LogP contribution in [0, 0.1) is 11.6 Å². The van der Waals surface area contributed by atoms with Gasteiger partial charge in [-0.05, 0) is 37.3 Å². The van der Waals surface area contributed by atoms with Crippen molar-refractivity contribution >= 4 is 11.7 Å². The Bertz CT molecular complexity index is 657. The fraction of sp³-hybridized carbons (Fsp3) is 0.0714. The molecule has 0 aliphatic rings. The second-order valence-corrected chi connectivity index (χ2v) is 3.92. The van der Waals surface area contributed by atoms with Crippen LogP contribution in [0.4, 0.5) is 8.78 Å². The third kappa shape index (κ3) is 3.23. The van der Waals surface area contributed by atoms with E-state index in [-0.39, 0.29) is 0 Å². The molecular formula is C14H10F2N2O2. The smallest absolute Gasteiger partial charge is 0.312 e. The van der Waals surface area contributed by atoms with Crippen molar-refractivity contribution in [3.8, 4) is 0 Å². The molecule has 20 heavy (non-hydrogen) atoms. The number of oxime groups is 1. The largest absolute Gasteiger partial charge is 0.368 e. The molecule has 2 aromatic rings. The molecule has 0 saturated carbocycles. The van der Waals surface area contributed by atoms with Crippen LogP contribution in [0.25, 0.3) is 0 Å². The number of hydrogen-bond acceptors (Lipinski definition) is 4. The van der Waals surface area contributed by atoms with Gasteiger partial charge in [0.15, 0.2) is 0 Å². The van der Waals surface area contributed by atoms with E-state index in [1.807, 2.05) is 0 Å². The maximum Gasteiger partial charge on any atom is 0.368 e. The van der Waals surface area contributed by atoms with E-state index in [9.17, 15) is 13.6 Å². The minimum Gasteiger partial charge on any atom is -0.312 e. The number of pyridine rings is 1. The van der Waals surface area contributed by atoms with E-state index in [4.69, 9.17) is 0 Å². The third-order valence-electron chi connectivity index (χ3n) is 2.51. The zero-order valence-corrected chi connectivity index (χ0v) is 10.5. The molecule has 4 nitrogen and oxygen atoms in total. The molecule has 0 radical (unpaired) electrons. The summed E-state index contributed by atoms with van der Waals surface area (Å²) >= 11 is 0. The SMILES string of the molecule is CC(=NOC(=O)c1cc(F)ccc1F)c1ccncc1. The van der Waals surface area contributed by atoms with Gasteiger partial charge >= 0.3 is 5.97 Å². The van der Waals surface area contributed by atoms with Gasteiger partial charge in [0.05, 0.1) is 5.71 Å². The maximum atomic E-state index is 13.3. The van der Waals surface area contributed by atoms with Gasteiger partial charge in [-0.25, -0.2) is 13.6 Å². The number of hydrogen-bond donors (Lipinski definition) is 0. The lowest BCUT2D eigenvalue weighted by atomic mass is 10.2. The van der Waals surface area contributed by atoms with Gasteiger partial charge in [-0.1, -0.05) is 5.16 Å². The summed E-state index contributed by atoms with van der Waals surface area (Å²) in [6, 6.07) is 5.88.